The van der Waals surface area contributed by atoms with E-state index in [-0.39, 0.29) is 23.7 Å². The van der Waals surface area contributed by atoms with Gasteiger partial charge in [0.2, 0.25) is 0 Å². The molecule has 0 saturated carbocycles. The first kappa shape index (κ1) is 21.1. The molecule has 0 spiro atoms. The highest BCUT2D eigenvalue weighted by atomic mass is 16.5. The van der Waals surface area contributed by atoms with E-state index in [1.807, 2.05) is 30.3 Å². The summed E-state index contributed by atoms with van der Waals surface area (Å²) in [5, 5.41) is 5.44. The molecule has 0 aliphatic rings. The minimum atomic E-state index is -0.338. The van der Waals surface area contributed by atoms with Gasteiger partial charge in [-0.15, -0.1) is 0 Å². The number of benzene rings is 3. The number of anilines is 1. The van der Waals surface area contributed by atoms with Gasteiger partial charge < -0.3 is 14.4 Å². The second-order valence-electron chi connectivity index (χ2n) is 7.25. The summed E-state index contributed by atoms with van der Waals surface area (Å²) in [7, 11) is 4.75. The summed E-state index contributed by atoms with van der Waals surface area (Å²) in [5.41, 5.74) is 1.49. The SMILES string of the molecule is COc1ccc(N(C)C(=O)c2nn(Cc3ccccc3)c(=O)c3ccccc23)cc1OC. The Morgan fingerprint density at radius 2 is 1.56 bits per heavy atom. The van der Waals surface area contributed by atoms with Gasteiger partial charge in [0.05, 0.1) is 26.2 Å². The minimum Gasteiger partial charge on any atom is -0.493 e. The number of hydrogen-bond acceptors (Lipinski definition) is 5. The number of aromatic nitrogens is 2. The van der Waals surface area contributed by atoms with Crippen molar-refractivity contribution in [1.82, 2.24) is 9.78 Å². The zero-order valence-electron chi connectivity index (χ0n) is 18.1. The molecule has 1 aromatic heterocycles. The standard InChI is InChI=1S/C25H23N3O4/c1-27(18-13-14-21(31-2)22(15-18)32-3)25(30)23-19-11-7-8-12-20(19)24(29)28(26-23)16-17-9-5-4-6-10-17/h4-15H,16H2,1-3H3. The molecule has 0 aliphatic carbocycles. The van der Waals surface area contributed by atoms with Crippen LogP contribution in [-0.2, 0) is 6.54 Å². The number of carbonyl (C=O) groups excluding carboxylic acids is 1. The van der Waals surface area contributed by atoms with Crippen molar-refractivity contribution in [2.24, 2.45) is 0 Å². The van der Waals surface area contributed by atoms with Crippen LogP contribution in [0.15, 0.2) is 77.6 Å². The van der Waals surface area contributed by atoms with Crippen LogP contribution in [0, 0.1) is 0 Å². The molecule has 162 valence electrons. The molecule has 0 atom stereocenters. The van der Waals surface area contributed by atoms with E-state index in [1.165, 1.54) is 16.7 Å². The third-order valence-electron chi connectivity index (χ3n) is 5.30. The number of nitrogens with zero attached hydrogens (tertiary/aromatic N) is 3. The summed E-state index contributed by atoms with van der Waals surface area (Å²) < 4.78 is 12.0. The van der Waals surface area contributed by atoms with Crippen molar-refractivity contribution in [2.45, 2.75) is 6.54 Å². The average Bonchev–Trinajstić information content (AvgIpc) is 2.85. The quantitative estimate of drug-likeness (QED) is 0.467. The van der Waals surface area contributed by atoms with E-state index in [4.69, 9.17) is 9.47 Å². The molecule has 0 N–H and O–H groups in total. The van der Waals surface area contributed by atoms with Gasteiger partial charge in [0.25, 0.3) is 11.5 Å². The number of carbonyl (C=O) groups is 1. The third kappa shape index (κ3) is 3.92. The van der Waals surface area contributed by atoms with Crippen LogP contribution in [-0.4, -0.2) is 37.0 Å². The van der Waals surface area contributed by atoms with E-state index in [1.54, 1.807) is 56.6 Å². The van der Waals surface area contributed by atoms with Gasteiger partial charge in [0, 0.05) is 24.2 Å². The highest BCUT2D eigenvalue weighted by Gasteiger charge is 2.22. The summed E-state index contributed by atoms with van der Waals surface area (Å²) in [6.45, 7) is 0.269. The molecule has 7 heteroatoms. The lowest BCUT2D eigenvalue weighted by atomic mass is 10.1. The maximum atomic E-state index is 13.5. The fraction of sp³-hybridized carbons (Fsp3) is 0.160. The summed E-state index contributed by atoms with van der Waals surface area (Å²) in [5.74, 6) is 0.740. The number of fused-ring (bicyclic) bond motifs is 1. The average molecular weight is 429 g/mol. The monoisotopic (exact) mass is 429 g/mol. The zero-order valence-corrected chi connectivity index (χ0v) is 18.1. The van der Waals surface area contributed by atoms with Crippen molar-refractivity contribution >= 4 is 22.4 Å². The Hall–Kier alpha value is -4.13. The molecule has 4 rings (SSSR count). The fourth-order valence-corrected chi connectivity index (χ4v) is 3.57. The number of rotatable bonds is 6. The lowest BCUT2D eigenvalue weighted by molar-refractivity contribution is 0.0987. The van der Waals surface area contributed by atoms with E-state index in [0.717, 1.165) is 5.56 Å². The van der Waals surface area contributed by atoms with Gasteiger partial charge in [-0.3, -0.25) is 9.59 Å². The van der Waals surface area contributed by atoms with E-state index in [0.29, 0.717) is 28.0 Å². The van der Waals surface area contributed by atoms with Crippen LogP contribution in [0.25, 0.3) is 10.8 Å². The molecule has 0 saturated heterocycles. The van der Waals surface area contributed by atoms with E-state index >= 15 is 0 Å². The Morgan fingerprint density at radius 3 is 2.25 bits per heavy atom. The highest BCUT2D eigenvalue weighted by molar-refractivity contribution is 6.12. The molecule has 3 aromatic carbocycles. The smallest absolute Gasteiger partial charge is 0.279 e. The molecule has 1 amide bonds. The summed E-state index contributed by atoms with van der Waals surface area (Å²) in [4.78, 5) is 28.0. The predicted octanol–water partition coefficient (Wildman–Crippen LogP) is 3.74. The summed E-state index contributed by atoms with van der Waals surface area (Å²) >= 11 is 0. The molecule has 0 radical (unpaired) electrons. The van der Waals surface area contributed by atoms with Crippen LogP contribution < -0.4 is 19.9 Å². The third-order valence-corrected chi connectivity index (χ3v) is 5.30. The van der Waals surface area contributed by atoms with E-state index in [2.05, 4.69) is 5.10 Å². The minimum absolute atomic E-state index is 0.202. The first-order valence-electron chi connectivity index (χ1n) is 10.1. The second-order valence-corrected chi connectivity index (χ2v) is 7.25. The van der Waals surface area contributed by atoms with Gasteiger partial charge in [-0.2, -0.15) is 5.10 Å². The van der Waals surface area contributed by atoms with Crippen LogP contribution in [0.5, 0.6) is 11.5 Å². The van der Waals surface area contributed by atoms with Gasteiger partial charge in [0.1, 0.15) is 0 Å². The van der Waals surface area contributed by atoms with Crippen molar-refractivity contribution in [3.63, 3.8) is 0 Å². The van der Waals surface area contributed by atoms with Crippen LogP contribution in [0.3, 0.4) is 0 Å². The Kier molecular flexibility index (Phi) is 5.89. The number of hydrogen-bond donors (Lipinski definition) is 0. The largest absolute Gasteiger partial charge is 0.493 e. The van der Waals surface area contributed by atoms with Gasteiger partial charge in [-0.25, -0.2) is 4.68 Å². The molecule has 1 heterocycles. The molecular formula is C25H23N3O4. The van der Waals surface area contributed by atoms with Gasteiger partial charge in [-0.05, 0) is 23.8 Å². The number of amides is 1. The van der Waals surface area contributed by atoms with Crippen molar-refractivity contribution < 1.29 is 14.3 Å². The van der Waals surface area contributed by atoms with Crippen LogP contribution >= 0.6 is 0 Å². The Balaban J connectivity index is 1.80. The Labute approximate surface area is 185 Å². The van der Waals surface area contributed by atoms with Gasteiger partial charge >= 0.3 is 0 Å². The number of methoxy groups -OCH3 is 2. The van der Waals surface area contributed by atoms with Gasteiger partial charge in [0.15, 0.2) is 17.2 Å². The first-order valence-corrected chi connectivity index (χ1v) is 10.1. The van der Waals surface area contributed by atoms with Gasteiger partial charge in [-0.1, -0.05) is 48.5 Å². The Morgan fingerprint density at radius 1 is 0.906 bits per heavy atom. The molecule has 0 unspecified atom stereocenters. The molecular weight excluding hydrogens is 406 g/mol. The zero-order chi connectivity index (χ0) is 22.7. The second kappa shape index (κ2) is 8.93. The maximum Gasteiger partial charge on any atom is 0.279 e. The Bertz CT molecular complexity index is 1330. The fourth-order valence-electron chi connectivity index (χ4n) is 3.57. The number of ether oxygens (including phenoxy) is 2. The molecule has 4 aromatic rings. The highest BCUT2D eigenvalue weighted by Crippen LogP contribution is 2.31. The van der Waals surface area contributed by atoms with Crippen molar-refractivity contribution in [3.8, 4) is 11.5 Å². The van der Waals surface area contributed by atoms with Crippen molar-refractivity contribution in [1.29, 1.82) is 0 Å². The maximum absolute atomic E-state index is 13.5. The van der Waals surface area contributed by atoms with Crippen molar-refractivity contribution in [2.75, 3.05) is 26.2 Å². The lowest BCUT2D eigenvalue weighted by Gasteiger charge is -2.20. The van der Waals surface area contributed by atoms with E-state index in [9.17, 15) is 9.59 Å². The first-order chi connectivity index (χ1) is 15.5. The van der Waals surface area contributed by atoms with E-state index < -0.39 is 0 Å². The van der Waals surface area contributed by atoms with Crippen molar-refractivity contribution in [3.05, 3.63) is 94.4 Å². The predicted molar refractivity (Wildman–Crippen MR) is 124 cm³/mol. The molecule has 0 aliphatic heterocycles. The summed E-state index contributed by atoms with van der Waals surface area (Å²) in [6.07, 6.45) is 0. The van der Waals surface area contributed by atoms with Crippen LogP contribution in [0.4, 0.5) is 5.69 Å². The molecule has 32 heavy (non-hydrogen) atoms. The molecule has 0 fully saturated rings. The lowest BCUT2D eigenvalue weighted by Crippen LogP contribution is -2.32. The normalized spacial score (nSPS) is 10.7. The topological polar surface area (TPSA) is 73.7 Å². The molecule has 7 nitrogen and oxygen atoms in total. The molecule has 0 bridgehead atoms. The van der Waals surface area contributed by atoms with Crippen LogP contribution in [0.1, 0.15) is 16.1 Å². The van der Waals surface area contributed by atoms with Crippen LogP contribution in [0.2, 0.25) is 0 Å². The summed E-state index contributed by atoms with van der Waals surface area (Å²) in [6, 6.07) is 21.8.